The standard InChI is InChI=1S/C9H16N6O/c1-6(7-12-14-15-13-7)11-8(16)9(10)4-2-3-5-9/h6H,2-5,10H2,1H3,(H,11,16)(H,12,13,14,15). The molecule has 4 N–H and O–H groups in total. The Balaban J connectivity index is 1.97. The lowest BCUT2D eigenvalue weighted by atomic mass is 9.98. The fourth-order valence-corrected chi connectivity index (χ4v) is 1.99. The monoisotopic (exact) mass is 224 g/mol. The first-order valence-electron chi connectivity index (χ1n) is 5.45. The van der Waals surface area contributed by atoms with E-state index in [9.17, 15) is 4.79 Å². The Morgan fingerprint density at radius 1 is 1.56 bits per heavy atom. The van der Waals surface area contributed by atoms with Crippen molar-refractivity contribution in [2.45, 2.75) is 44.2 Å². The Bertz CT molecular complexity index is 356. The molecule has 1 aromatic heterocycles. The third-order valence-corrected chi connectivity index (χ3v) is 3.04. The van der Waals surface area contributed by atoms with Gasteiger partial charge >= 0.3 is 0 Å². The third-order valence-electron chi connectivity index (χ3n) is 3.04. The molecule has 2 rings (SSSR count). The highest BCUT2D eigenvalue weighted by Crippen LogP contribution is 2.27. The number of hydrogen-bond donors (Lipinski definition) is 3. The molecule has 1 fully saturated rings. The number of hydrogen-bond acceptors (Lipinski definition) is 5. The third kappa shape index (κ3) is 2.04. The molecule has 1 aliphatic carbocycles. The number of nitrogens with one attached hydrogen (secondary N) is 2. The minimum Gasteiger partial charge on any atom is -0.345 e. The molecular formula is C9H16N6O. The fourth-order valence-electron chi connectivity index (χ4n) is 1.99. The number of aromatic amines is 1. The Hall–Kier alpha value is -1.50. The van der Waals surface area contributed by atoms with Crippen LogP contribution in [0.1, 0.15) is 44.5 Å². The summed E-state index contributed by atoms with van der Waals surface area (Å²) in [4.78, 5) is 12.0. The smallest absolute Gasteiger partial charge is 0.240 e. The molecule has 16 heavy (non-hydrogen) atoms. The van der Waals surface area contributed by atoms with Crippen molar-refractivity contribution in [3.05, 3.63) is 5.82 Å². The lowest BCUT2D eigenvalue weighted by Crippen LogP contribution is -2.52. The number of rotatable bonds is 3. The van der Waals surface area contributed by atoms with E-state index in [0.29, 0.717) is 5.82 Å². The van der Waals surface area contributed by atoms with Gasteiger partial charge in [0.1, 0.15) is 0 Å². The summed E-state index contributed by atoms with van der Waals surface area (Å²) in [6.07, 6.45) is 3.52. The summed E-state index contributed by atoms with van der Waals surface area (Å²) in [5, 5.41) is 16.2. The van der Waals surface area contributed by atoms with Crippen LogP contribution < -0.4 is 11.1 Å². The molecule has 0 aliphatic heterocycles. The van der Waals surface area contributed by atoms with Crippen molar-refractivity contribution >= 4 is 5.91 Å². The van der Waals surface area contributed by atoms with Crippen LogP contribution in [0.15, 0.2) is 0 Å². The predicted octanol–water partition coefficient (Wildman–Crippen LogP) is -0.352. The van der Waals surface area contributed by atoms with Crippen LogP contribution in [0.3, 0.4) is 0 Å². The van der Waals surface area contributed by atoms with E-state index < -0.39 is 5.54 Å². The van der Waals surface area contributed by atoms with Gasteiger partial charge < -0.3 is 11.1 Å². The zero-order valence-corrected chi connectivity index (χ0v) is 9.23. The molecule has 0 aromatic carbocycles. The van der Waals surface area contributed by atoms with E-state index in [1.165, 1.54) is 0 Å². The van der Waals surface area contributed by atoms with E-state index in [1.807, 2.05) is 0 Å². The SMILES string of the molecule is CC(NC(=O)C1(N)CCCC1)c1nn[nH]n1. The topological polar surface area (TPSA) is 110 Å². The van der Waals surface area contributed by atoms with E-state index in [4.69, 9.17) is 5.73 Å². The number of nitrogens with two attached hydrogens (primary N) is 1. The van der Waals surface area contributed by atoms with Crippen molar-refractivity contribution in [1.82, 2.24) is 25.9 Å². The molecule has 1 aliphatic rings. The van der Waals surface area contributed by atoms with Gasteiger partial charge in [0.25, 0.3) is 0 Å². The highest BCUT2D eigenvalue weighted by atomic mass is 16.2. The van der Waals surface area contributed by atoms with Gasteiger partial charge in [-0.3, -0.25) is 4.79 Å². The lowest BCUT2D eigenvalue weighted by Gasteiger charge is -2.23. The summed E-state index contributed by atoms with van der Waals surface area (Å²) in [5.41, 5.74) is 5.32. The summed E-state index contributed by atoms with van der Waals surface area (Å²) in [5.74, 6) is 0.345. The van der Waals surface area contributed by atoms with Gasteiger partial charge in [0.15, 0.2) is 5.82 Å². The van der Waals surface area contributed by atoms with Gasteiger partial charge in [0.2, 0.25) is 5.91 Å². The van der Waals surface area contributed by atoms with Gasteiger partial charge in [-0.05, 0) is 19.8 Å². The second kappa shape index (κ2) is 4.17. The summed E-state index contributed by atoms with van der Waals surface area (Å²) in [6.45, 7) is 1.81. The highest BCUT2D eigenvalue weighted by molar-refractivity contribution is 5.86. The Morgan fingerprint density at radius 3 is 2.81 bits per heavy atom. The molecule has 0 saturated heterocycles. The van der Waals surface area contributed by atoms with Crippen LogP contribution in [0.5, 0.6) is 0 Å². The number of H-pyrrole nitrogens is 1. The first kappa shape index (κ1) is 11.0. The molecule has 1 unspecified atom stereocenters. The quantitative estimate of drug-likeness (QED) is 0.650. The normalized spacial score (nSPS) is 20.6. The van der Waals surface area contributed by atoms with Crippen LogP contribution in [-0.4, -0.2) is 32.1 Å². The molecule has 1 amide bonds. The first-order chi connectivity index (χ1) is 7.62. The molecule has 0 bridgehead atoms. The van der Waals surface area contributed by atoms with Gasteiger partial charge in [-0.15, -0.1) is 10.2 Å². The summed E-state index contributed by atoms with van der Waals surface area (Å²) in [6, 6.07) is -0.271. The van der Waals surface area contributed by atoms with Gasteiger partial charge in [0.05, 0.1) is 11.6 Å². The maximum Gasteiger partial charge on any atom is 0.240 e. The van der Waals surface area contributed by atoms with E-state index in [1.54, 1.807) is 6.92 Å². The number of nitrogens with zero attached hydrogens (tertiary/aromatic N) is 3. The summed E-state index contributed by atoms with van der Waals surface area (Å²) in [7, 11) is 0. The maximum absolute atomic E-state index is 12.0. The minimum absolute atomic E-state index is 0.123. The van der Waals surface area contributed by atoms with Gasteiger partial charge in [-0.2, -0.15) is 5.21 Å². The summed E-state index contributed by atoms with van der Waals surface area (Å²) < 4.78 is 0. The minimum atomic E-state index is -0.710. The van der Waals surface area contributed by atoms with Crippen LogP contribution in [0.2, 0.25) is 0 Å². The van der Waals surface area contributed by atoms with Crippen LogP contribution in [0, 0.1) is 0 Å². The molecule has 1 saturated carbocycles. The van der Waals surface area contributed by atoms with Crippen LogP contribution in [-0.2, 0) is 4.79 Å². The lowest BCUT2D eigenvalue weighted by molar-refractivity contribution is -0.126. The highest BCUT2D eigenvalue weighted by Gasteiger charge is 2.37. The Morgan fingerprint density at radius 2 is 2.25 bits per heavy atom. The molecule has 7 nitrogen and oxygen atoms in total. The van der Waals surface area contributed by atoms with Crippen molar-refractivity contribution in [2.75, 3.05) is 0 Å². The van der Waals surface area contributed by atoms with Crippen molar-refractivity contribution < 1.29 is 4.79 Å². The predicted molar refractivity (Wildman–Crippen MR) is 56.1 cm³/mol. The average molecular weight is 224 g/mol. The number of amides is 1. The second-order valence-electron chi connectivity index (χ2n) is 4.33. The van der Waals surface area contributed by atoms with Crippen LogP contribution in [0.4, 0.5) is 0 Å². The molecule has 88 valence electrons. The van der Waals surface area contributed by atoms with Crippen molar-refractivity contribution in [3.8, 4) is 0 Å². The molecule has 0 radical (unpaired) electrons. The Labute approximate surface area is 93.2 Å². The van der Waals surface area contributed by atoms with Crippen molar-refractivity contribution in [3.63, 3.8) is 0 Å². The maximum atomic E-state index is 12.0. The van der Waals surface area contributed by atoms with Crippen LogP contribution in [0.25, 0.3) is 0 Å². The first-order valence-corrected chi connectivity index (χ1v) is 5.45. The van der Waals surface area contributed by atoms with E-state index in [2.05, 4.69) is 25.9 Å². The number of carbonyl (C=O) groups excluding carboxylic acids is 1. The average Bonchev–Trinajstić information content (AvgIpc) is 2.88. The van der Waals surface area contributed by atoms with Crippen molar-refractivity contribution in [2.24, 2.45) is 5.73 Å². The number of aromatic nitrogens is 4. The fraction of sp³-hybridized carbons (Fsp3) is 0.778. The second-order valence-corrected chi connectivity index (χ2v) is 4.33. The largest absolute Gasteiger partial charge is 0.345 e. The van der Waals surface area contributed by atoms with Gasteiger partial charge in [-0.1, -0.05) is 18.1 Å². The van der Waals surface area contributed by atoms with Crippen molar-refractivity contribution in [1.29, 1.82) is 0 Å². The van der Waals surface area contributed by atoms with Gasteiger partial charge in [-0.25, -0.2) is 0 Å². The zero-order valence-electron chi connectivity index (χ0n) is 9.23. The molecule has 1 aromatic rings. The van der Waals surface area contributed by atoms with Gasteiger partial charge in [0, 0.05) is 0 Å². The summed E-state index contributed by atoms with van der Waals surface area (Å²) >= 11 is 0. The molecule has 1 heterocycles. The van der Waals surface area contributed by atoms with E-state index >= 15 is 0 Å². The number of tetrazole rings is 1. The van der Waals surface area contributed by atoms with E-state index in [0.717, 1.165) is 25.7 Å². The van der Waals surface area contributed by atoms with Crippen LogP contribution >= 0.6 is 0 Å². The molecule has 1 atom stereocenters. The molecule has 7 heteroatoms. The van der Waals surface area contributed by atoms with E-state index in [-0.39, 0.29) is 11.9 Å². The molecular weight excluding hydrogens is 208 g/mol. The number of carbonyl (C=O) groups is 1. The Kier molecular flexibility index (Phi) is 2.86. The zero-order chi connectivity index (χ0) is 11.6. The molecule has 0 spiro atoms.